The van der Waals surface area contributed by atoms with Crippen LogP contribution in [0.1, 0.15) is 5.56 Å². The molecule has 13 heavy (non-hydrogen) atoms. The van der Waals surface area contributed by atoms with Crippen molar-refractivity contribution in [1.29, 1.82) is 0 Å². The van der Waals surface area contributed by atoms with E-state index in [4.69, 9.17) is 0 Å². The van der Waals surface area contributed by atoms with Gasteiger partial charge in [-0.05, 0) is 18.1 Å². The maximum Gasteiger partial charge on any atom is 0.0113 e. The maximum absolute atomic E-state index is 2.16. The summed E-state index contributed by atoms with van der Waals surface area (Å²) in [5, 5.41) is 0. The predicted molar refractivity (Wildman–Crippen MR) is 55.6 cm³/mol. The third-order valence-corrected chi connectivity index (χ3v) is 2.24. The van der Waals surface area contributed by atoms with E-state index >= 15 is 0 Å². The lowest BCUT2D eigenvalue weighted by atomic mass is 10.1. The normalized spacial score (nSPS) is 10.3. The van der Waals surface area contributed by atoms with Crippen LogP contribution in [0.15, 0.2) is 42.7 Å². The molecule has 0 unspecified atom stereocenters. The van der Waals surface area contributed by atoms with E-state index in [1.165, 1.54) is 16.7 Å². The minimum absolute atomic E-state index is 1.29. The Kier molecular flexibility index (Phi) is 1.93. The van der Waals surface area contributed by atoms with Gasteiger partial charge in [-0.2, -0.15) is 0 Å². The summed E-state index contributed by atoms with van der Waals surface area (Å²) in [6.07, 6.45) is 4.30. The van der Waals surface area contributed by atoms with Crippen LogP contribution in [-0.2, 0) is 7.05 Å². The molecule has 0 aliphatic heterocycles. The molecule has 1 heterocycles. The molecule has 2 rings (SSSR count). The highest BCUT2D eigenvalue weighted by atomic mass is 14.9. The van der Waals surface area contributed by atoms with Gasteiger partial charge < -0.3 is 4.57 Å². The van der Waals surface area contributed by atoms with Crippen molar-refractivity contribution in [2.75, 3.05) is 0 Å². The molecule has 0 aliphatic rings. The second-order valence-electron chi connectivity index (χ2n) is 3.39. The van der Waals surface area contributed by atoms with Gasteiger partial charge in [-0.1, -0.05) is 30.3 Å². The Bertz CT molecular complexity index is 398. The first-order valence-corrected chi connectivity index (χ1v) is 4.45. The highest BCUT2D eigenvalue weighted by Crippen LogP contribution is 2.22. The van der Waals surface area contributed by atoms with Crippen molar-refractivity contribution in [3.05, 3.63) is 48.3 Å². The quantitative estimate of drug-likeness (QED) is 0.621. The van der Waals surface area contributed by atoms with Crippen LogP contribution in [0.4, 0.5) is 0 Å². The van der Waals surface area contributed by atoms with Gasteiger partial charge in [-0.3, -0.25) is 0 Å². The molecule has 0 bridgehead atoms. The van der Waals surface area contributed by atoms with Gasteiger partial charge in [0, 0.05) is 25.0 Å². The van der Waals surface area contributed by atoms with Crippen molar-refractivity contribution in [3.8, 4) is 11.1 Å². The van der Waals surface area contributed by atoms with E-state index < -0.39 is 0 Å². The van der Waals surface area contributed by atoms with Crippen LogP contribution in [0.2, 0.25) is 0 Å². The summed E-state index contributed by atoms with van der Waals surface area (Å²) in [4.78, 5) is 0. The van der Waals surface area contributed by atoms with Crippen molar-refractivity contribution >= 4 is 0 Å². The lowest BCUT2D eigenvalue weighted by Gasteiger charge is -1.97. The van der Waals surface area contributed by atoms with Crippen LogP contribution in [0.5, 0.6) is 0 Å². The van der Waals surface area contributed by atoms with Crippen LogP contribution in [0, 0.1) is 6.92 Å². The van der Waals surface area contributed by atoms with Crippen molar-refractivity contribution in [2.45, 2.75) is 6.92 Å². The van der Waals surface area contributed by atoms with Crippen molar-refractivity contribution in [1.82, 2.24) is 4.57 Å². The van der Waals surface area contributed by atoms with Gasteiger partial charge >= 0.3 is 0 Å². The summed E-state index contributed by atoms with van der Waals surface area (Å²) < 4.78 is 2.09. The van der Waals surface area contributed by atoms with E-state index in [1.54, 1.807) is 0 Å². The number of rotatable bonds is 1. The molecule has 66 valence electrons. The number of benzene rings is 1. The Hall–Kier alpha value is -1.50. The van der Waals surface area contributed by atoms with Crippen LogP contribution in [0.3, 0.4) is 0 Å². The molecule has 1 heteroatoms. The standard InChI is InChI=1S/C12H13N/c1-10-8-13(2)9-12(10)11-6-4-3-5-7-11/h3-9H,1-2H3. The first kappa shape index (κ1) is 8.11. The van der Waals surface area contributed by atoms with Crippen molar-refractivity contribution < 1.29 is 0 Å². The number of hydrogen-bond donors (Lipinski definition) is 0. The summed E-state index contributed by atoms with van der Waals surface area (Å²) in [7, 11) is 2.06. The number of aromatic nitrogens is 1. The Morgan fingerprint density at radius 1 is 1.00 bits per heavy atom. The maximum atomic E-state index is 2.16. The van der Waals surface area contributed by atoms with Crippen molar-refractivity contribution in [2.24, 2.45) is 7.05 Å². The van der Waals surface area contributed by atoms with Crippen LogP contribution in [-0.4, -0.2) is 4.57 Å². The average molecular weight is 171 g/mol. The number of hydrogen-bond acceptors (Lipinski definition) is 0. The Morgan fingerprint density at radius 2 is 1.69 bits per heavy atom. The van der Waals surface area contributed by atoms with Crippen LogP contribution in [0.25, 0.3) is 11.1 Å². The molecule has 0 saturated carbocycles. The smallest absolute Gasteiger partial charge is 0.0113 e. The van der Waals surface area contributed by atoms with Crippen LogP contribution < -0.4 is 0 Å². The highest BCUT2D eigenvalue weighted by Gasteiger charge is 2.02. The third-order valence-electron chi connectivity index (χ3n) is 2.24. The van der Waals surface area contributed by atoms with E-state index in [-0.39, 0.29) is 0 Å². The second-order valence-corrected chi connectivity index (χ2v) is 3.39. The van der Waals surface area contributed by atoms with Gasteiger partial charge in [0.25, 0.3) is 0 Å². The predicted octanol–water partition coefficient (Wildman–Crippen LogP) is 3.00. The molecule has 0 fully saturated rings. The molecule has 0 N–H and O–H groups in total. The minimum Gasteiger partial charge on any atom is -0.356 e. The summed E-state index contributed by atoms with van der Waals surface area (Å²) in [6, 6.07) is 10.5. The Balaban J connectivity index is 2.53. The fourth-order valence-electron chi connectivity index (χ4n) is 1.64. The molecule has 0 saturated heterocycles. The lowest BCUT2D eigenvalue weighted by molar-refractivity contribution is 0.925. The third kappa shape index (κ3) is 1.50. The summed E-state index contributed by atoms with van der Waals surface area (Å²) in [5.74, 6) is 0. The molecule has 1 aromatic carbocycles. The van der Waals surface area contributed by atoms with Gasteiger partial charge in [0.1, 0.15) is 0 Å². The summed E-state index contributed by atoms with van der Waals surface area (Å²) in [6.45, 7) is 2.14. The number of aryl methyl sites for hydroxylation is 2. The van der Waals surface area contributed by atoms with Gasteiger partial charge in [0.05, 0.1) is 0 Å². The van der Waals surface area contributed by atoms with Gasteiger partial charge in [-0.15, -0.1) is 0 Å². The summed E-state index contributed by atoms with van der Waals surface area (Å²) in [5.41, 5.74) is 3.94. The average Bonchev–Trinajstić information content (AvgIpc) is 2.47. The first-order valence-electron chi connectivity index (χ1n) is 4.45. The monoisotopic (exact) mass is 171 g/mol. The molecule has 0 amide bonds. The molecule has 0 atom stereocenters. The van der Waals surface area contributed by atoms with Gasteiger partial charge in [-0.25, -0.2) is 0 Å². The minimum atomic E-state index is 1.29. The Labute approximate surface area is 78.6 Å². The van der Waals surface area contributed by atoms with E-state index in [9.17, 15) is 0 Å². The van der Waals surface area contributed by atoms with E-state index in [0.717, 1.165) is 0 Å². The molecular formula is C12H13N. The molecule has 0 spiro atoms. The highest BCUT2D eigenvalue weighted by molar-refractivity contribution is 5.66. The zero-order chi connectivity index (χ0) is 9.26. The molecule has 0 radical (unpaired) electrons. The first-order chi connectivity index (χ1) is 6.27. The largest absolute Gasteiger partial charge is 0.356 e. The van der Waals surface area contributed by atoms with Gasteiger partial charge in [0.2, 0.25) is 0 Å². The molecule has 1 nitrogen and oxygen atoms in total. The van der Waals surface area contributed by atoms with E-state index in [1.807, 2.05) is 6.07 Å². The zero-order valence-corrected chi connectivity index (χ0v) is 7.99. The van der Waals surface area contributed by atoms with Crippen molar-refractivity contribution in [3.63, 3.8) is 0 Å². The van der Waals surface area contributed by atoms with Crippen LogP contribution >= 0.6 is 0 Å². The Morgan fingerprint density at radius 3 is 2.23 bits per heavy atom. The summed E-state index contributed by atoms with van der Waals surface area (Å²) >= 11 is 0. The van der Waals surface area contributed by atoms with E-state index in [2.05, 4.69) is 55.2 Å². The van der Waals surface area contributed by atoms with E-state index in [0.29, 0.717) is 0 Å². The topological polar surface area (TPSA) is 4.93 Å². The molecule has 0 aliphatic carbocycles. The van der Waals surface area contributed by atoms with Gasteiger partial charge in [0.15, 0.2) is 0 Å². The molecule has 1 aromatic heterocycles. The lowest BCUT2D eigenvalue weighted by Crippen LogP contribution is -1.78. The number of nitrogens with zero attached hydrogens (tertiary/aromatic N) is 1. The molecule has 2 aromatic rings. The fraction of sp³-hybridized carbons (Fsp3) is 0.167. The fourth-order valence-corrected chi connectivity index (χ4v) is 1.64. The molecular weight excluding hydrogens is 158 g/mol. The zero-order valence-electron chi connectivity index (χ0n) is 7.99. The SMILES string of the molecule is Cc1cn(C)cc1-c1ccccc1. The second kappa shape index (κ2) is 3.09.